The summed E-state index contributed by atoms with van der Waals surface area (Å²) >= 11 is 0. The van der Waals surface area contributed by atoms with Crippen LogP contribution in [0.2, 0.25) is 0 Å². The van der Waals surface area contributed by atoms with E-state index >= 15 is 0 Å². The summed E-state index contributed by atoms with van der Waals surface area (Å²) in [7, 11) is 1.96. The van der Waals surface area contributed by atoms with Crippen molar-refractivity contribution in [3.63, 3.8) is 0 Å². The standard InChI is InChI=1S/C16H21N3/c1-19-11-12(10-18-19)6-9-16(17)15-8-7-13-4-2-3-5-14(13)15/h2-5,10-11,15-16H,6-9,17H2,1H3. The molecule has 0 saturated heterocycles. The SMILES string of the molecule is Cn1cc(CCC(N)C2CCc3ccccc32)cn1. The summed E-state index contributed by atoms with van der Waals surface area (Å²) in [6.45, 7) is 0. The molecular weight excluding hydrogens is 234 g/mol. The number of hydrogen-bond donors (Lipinski definition) is 1. The number of nitrogens with two attached hydrogens (primary N) is 1. The fraction of sp³-hybridized carbons (Fsp3) is 0.438. The van der Waals surface area contributed by atoms with Crippen molar-refractivity contribution in [2.75, 3.05) is 0 Å². The first kappa shape index (κ1) is 12.4. The maximum absolute atomic E-state index is 6.42. The zero-order valence-corrected chi connectivity index (χ0v) is 11.4. The minimum atomic E-state index is 0.254. The third kappa shape index (κ3) is 2.56. The highest BCUT2D eigenvalue weighted by molar-refractivity contribution is 5.35. The topological polar surface area (TPSA) is 43.8 Å². The van der Waals surface area contributed by atoms with Crippen LogP contribution in [-0.4, -0.2) is 15.8 Å². The number of fused-ring (bicyclic) bond motifs is 1. The van der Waals surface area contributed by atoms with Crippen molar-refractivity contribution >= 4 is 0 Å². The Hall–Kier alpha value is -1.61. The van der Waals surface area contributed by atoms with Gasteiger partial charge in [0, 0.05) is 19.3 Å². The Morgan fingerprint density at radius 3 is 3.05 bits per heavy atom. The van der Waals surface area contributed by atoms with E-state index in [2.05, 4.69) is 35.6 Å². The van der Waals surface area contributed by atoms with Crippen LogP contribution in [-0.2, 0) is 19.9 Å². The zero-order chi connectivity index (χ0) is 13.2. The number of nitrogens with zero attached hydrogens (tertiary/aromatic N) is 2. The molecule has 0 amide bonds. The smallest absolute Gasteiger partial charge is 0.0521 e. The minimum Gasteiger partial charge on any atom is -0.327 e. The lowest BCUT2D eigenvalue weighted by Gasteiger charge is -2.20. The average Bonchev–Trinajstić information content (AvgIpc) is 3.02. The van der Waals surface area contributed by atoms with Gasteiger partial charge < -0.3 is 5.73 Å². The van der Waals surface area contributed by atoms with E-state index in [1.165, 1.54) is 29.5 Å². The maximum Gasteiger partial charge on any atom is 0.0521 e. The van der Waals surface area contributed by atoms with Crippen LogP contribution in [0, 0.1) is 0 Å². The Balaban J connectivity index is 1.64. The molecule has 0 fully saturated rings. The lowest BCUT2D eigenvalue weighted by atomic mass is 9.90. The van der Waals surface area contributed by atoms with E-state index in [1.807, 2.05) is 17.9 Å². The Kier molecular flexibility index (Phi) is 3.38. The van der Waals surface area contributed by atoms with Gasteiger partial charge in [0.15, 0.2) is 0 Å². The summed E-state index contributed by atoms with van der Waals surface area (Å²) in [5.74, 6) is 0.535. The van der Waals surface area contributed by atoms with Gasteiger partial charge in [-0.05, 0) is 48.3 Å². The van der Waals surface area contributed by atoms with Crippen molar-refractivity contribution < 1.29 is 0 Å². The van der Waals surface area contributed by atoms with Crippen molar-refractivity contribution in [2.24, 2.45) is 12.8 Å². The molecule has 0 bridgehead atoms. The van der Waals surface area contributed by atoms with Crippen molar-refractivity contribution in [2.45, 2.75) is 37.6 Å². The third-order valence-corrected chi connectivity index (χ3v) is 4.22. The lowest BCUT2D eigenvalue weighted by molar-refractivity contribution is 0.497. The molecule has 0 aliphatic heterocycles. The van der Waals surface area contributed by atoms with Crippen molar-refractivity contribution in [3.8, 4) is 0 Å². The second-order valence-corrected chi connectivity index (χ2v) is 5.57. The highest BCUT2D eigenvalue weighted by atomic mass is 15.2. The predicted octanol–water partition coefficient (Wildman–Crippen LogP) is 2.41. The molecule has 1 heterocycles. The fourth-order valence-electron chi connectivity index (χ4n) is 3.17. The summed E-state index contributed by atoms with van der Waals surface area (Å²) in [5.41, 5.74) is 10.7. The van der Waals surface area contributed by atoms with E-state index < -0.39 is 0 Å². The maximum atomic E-state index is 6.42. The fourth-order valence-corrected chi connectivity index (χ4v) is 3.17. The molecule has 1 aromatic heterocycles. The first-order valence-corrected chi connectivity index (χ1v) is 7.05. The number of benzene rings is 1. The quantitative estimate of drug-likeness (QED) is 0.911. The summed E-state index contributed by atoms with van der Waals surface area (Å²) in [5, 5.41) is 4.20. The first-order chi connectivity index (χ1) is 9.24. The summed E-state index contributed by atoms with van der Waals surface area (Å²) in [6.07, 6.45) is 8.46. The number of aromatic nitrogens is 2. The van der Waals surface area contributed by atoms with Gasteiger partial charge in [0.25, 0.3) is 0 Å². The molecule has 100 valence electrons. The minimum absolute atomic E-state index is 0.254. The monoisotopic (exact) mass is 255 g/mol. The van der Waals surface area contributed by atoms with Crippen molar-refractivity contribution in [1.29, 1.82) is 0 Å². The van der Waals surface area contributed by atoms with Gasteiger partial charge in [-0.2, -0.15) is 5.10 Å². The van der Waals surface area contributed by atoms with Gasteiger partial charge in [0.05, 0.1) is 6.20 Å². The molecule has 0 radical (unpaired) electrons. The van der Waals surface area contributed by atoms with E-state index in [4.69, 9.17) is 5.73 Å². The number of hydrogen-bond acceptors (Lipinski definition) is 2. The molecule has 3 nitrogen and oxygen atoms in total. The molecule has 2 atom stereocenters. The molecule has 0 saturated carbocycles. The van der Waals surface area contributed by atoms with Crippen LogP contribution in [0.15, 0.2) is 36.7 Å². The Labute approximate surface area is 114 Å². The second kappa shape index (κ2) is 5.17. The summed E-state index contributed by atoms with van der Waals surface area (Å²) in [4.78, 5) is 0. The molecule has 1 aliphatic carbocycles. The predicted molar refractivity (Wildman–Crippen MR) is 77.0 cm³/mol. The van der Waals surface area contributed by atoms with E-state index in [1.54, 1.807) is 0 Å². The van der Waals surface area contributed by atoms with E-state index in [0.717, 1.165) is 12.8 Å². The van der Waals surface area contributed by atoms with Crippen LogP contribution in [0.3, 0.4) is 0 Å². The second-order valence-electron chi connectivity index (χ2n) is 5.57. The van der Waals surface area contributed by atoms with Gasteiger partial charge in [0.1, 0.15) is 0 Å². The van der Waals surface area contributed by atoms with Crippen LogP contribution in [0.1, 0.15) is 35.4 Å². The molecule has 2 aromatic rings. The van der Waals surface area contributed by atoms with Gasteiger partial charge >= 0.3 is 0 Å². The van der Waals surface area contributed by atoms with E-state index in [9.17, 15) is 0 Å². The van der Waals surface area contributed by atoms with Crippen LogP contribution in [0.25, 0.3) is 0 Å². The van der Waals surface area contributed by atoms with Crippen molar-refractivity contribution in [3.05, 3.63) is 53.3 Å². The van der Waals surface area contributed by atoms with Crippen LogP contribution in [0.5, 0.6) is 0 Å². The summed E-state index contributed by atoms with van der Waals surface area (Å²) in [6, 6.07) is 9.00. The molecule has 1 aromatic carbocycles. The van der Waals surface area contributed by atoms with Crippen LogP contribution < -0.4 is 5.73 Å². The van der Waals surface area contributed by atoms with Gasteiger partial charge in [-0.3, -0.25) is 4.68 Å². The number of rotatable bonds is 4. The molecule has 1 aliphatic rings. The Morgan fingerprint density at radius 2 is 2.26 bits per heavy atom. The van der Waals surface area contributed by atoms with Crippen LogP contribution in [0.4, 0.5) is 0 Å². The highest BCUT2D eigenvalue weighted by Gasteiger charge is 2.26. The van der Waals surface area contributed by atoms with E-state index in [-0.39, 0.29) is 6.04 Å². The molecule has 19 heavy (non-hydrogen) atoms. The molecule has 0 spiro atoms. The van der Waals surface area contributed by atoms with Gasteiger partial charge in [-0.1, -0.05) is 24.3 Å². The molecular formula is C16H21N3. The highest BCUT2D eigenvalue weighted by Crippen LogP contribution is 2.35. The largest absolute Gasteiger partial charge is 0.327 e. The lowest BCUT2D eigenvalue weighted by Crippen LogP contribution is -2.27. The van der Waals surface area contributed by atoms with Crippen LogP contribution >= 0.6 is 0 Å². The third-order valence-electron chi connectivity index (χ3n) is 4.22. The van der Waals surface area contributed by atoms with Gasteiger partial charge in [-0.15, -0.1) is 0 Å². The Bertz CT molecular complexity index is 559. The molecule has 3 heteroatoms. The number of aryl methyl sites for hydroxylation is 3. The van der Waals surface area contributed by atoms with Crippen molar-refractivity contribution in [1.82, 2.24) is 9.78 Å². The average molecular weight is 255 g/mol. The first-order valence-electron chi connectivity index (χ1n) is 7.05. The zero-order valence-electron chi connectivity index (χ0n) is 11.4. The normalized spacial score (nSPS) is 19.4. The molecule has 2 N–H and O–H groups in total. The van der Waals surface area contributed by atoms with E-state index in [0.29, 0.717) is 5.92 Å². The van der Waals surface area contributed by atoms with Gasteiger partial charge in [-0.25, -0.2) is 0 Å². The molecule has 3 rings (SSSR count). The molecule has 2 unspecified atom stereocenters. The van der Waals surface area contributed by atoms with Gasteiger partial charge in [0.2, 0.25) is 0 Å². The summed E-state index contributed by atoms with van der Waals surface area (Å²) < 4.78 is 1.85. The Morgan fingerprint density at radius 1 is 1.42 bits per heavy atom.